The van der Waals surface area contributed by atoms with Crippen LogP contribution in [0, 0.1) is 0 Å². The lowest BCUT2D eigenvalue weighted by atomic mass is 10.1. The van der Waals surface area contributed by atoms with Crippen molar-refractivity contribution in [3.05, 3.63) is 64.7 Å². The predicted octanol–water partition coefficient (Wildman–Crippen LogP) is 4.13. The first-order valence-corrected chi connectivity index (χ1v) is 8.83. The first kappa shape index (κ1) is 16.8. The lowest BCUT2D eigenvalue weighted by molar-refractivity contribution is -0.129. The summed E-state index contributed by atoms with van der Waals surface area (Å²) >= 11 is 6.11. The molecule has 2 aromatic carbocycles. The Morgan fingerprint density at radius 1 is 1.08 bits per heavy atom. The van der Waals surface area contributed by atoms with Crippen LogP contribution in [0.25, 0.3) is 0 Å². The highest BCUT2D eigenvalue weighted by Gasteiger charge is 2.19. The molecule has 2 aromatic rings. The van der Waals surface area contributed by atoms with E-state index in [0.717, 1.165) is 43.7 Å². The van der Waals surface area contributed by atoms with Crippen LogP contribution in [0.2, 0.25) is 5.02 Å². The summed E-state index contributed by atoms with van der Waals surface area (Å²) in [4.78, 5) is 14.3. The fourth-order valence-electron chi connectivity index (χ4n) is 2.99. The van der Waals surface area contributed by atoms with Crippen LogP contribution in [-0.2, 0) is 17.6 Å². The highest BCUT2D eigenvalue weighted by Crippen LogP contribution is 2.25. The van der Waals surface area contributed by atoms with Crippen molar-refractivity contribution < 1.29 is 9.53 Å². The Morgan fingerprint density at radius 2 is 1.83 bits per heavy atom. The van der Waals surface area contributed by atoms with Crippen LogP contribution in [-0.4, -0.2) is 30.5 Å². The summed E-state index contributed by atoms with van der Waals surface area (Å²) in [5.41, 5.74) is 2.11. The SMILES string of the molecule is O=C(Cc1cc(Cl)ccc1OCCc1ccccc1)N1CCCC1. The average Bonchev–Trinajstić information content (AvgIpc) is 3.12. The zero-order valence-electron chi connectivity index (χ0n) is 13.7. The summed E-state index contributed by atoms with van der Waals surface area (Å²) in [5, 5.41) is 0.634. The van der Waals surface area contributed by atoms with Crippen LogP contribution in [0.4, 0.5) is 0 Å². The Bertz CT molecular complexity index is 681. The summed E-state index contributed by atoms with van der Waals surface area (Å²) in [6.07, 6.45) is 3.38. The van der Waals surface area contributed by atoms with Gasteiger partial charge in [0, 0.05) is 30.1 Å². The van der Waals surface area contributed by atoms with E-state index in [1.807, 2.05) is 41.3 Å². The maximum Gasteiger partial charge on any atom is 0.227 e. The van der Waals surface area contributed by atoms with E-state index < -0.39 is 0 Å². The Kier molecular flexibility index (Phi) is 5.76. The first-order chi connectivity index (χ1) is 11.7. The maximum absolute atomic E-state index is 12.4. The van der Waals surface area contributed by atoms with Crippen molar-refractivity contribution in [2.45, 2.75) is 25.7 Å². The van der Waals surface area contributed by atoms with Crippen LogP contribution in [0.3, 0.4) is 0 Å². The van der Waals surface area contributed by atoms with Crippen LogP contribution >= 0.6 is 11.6 Å². The molecular weight excluding hydrogens is 322 g/mol. The average molecular weight is 344 g/mol. The normalized spacial score (nSPS) is 14.0. The van der Waals surface area contributed by atoms with Crippen molar-refractivity contribution in [3.63, 3.8) is 0 Å². The highest BCUT2D eigenvalue weighted by atomic mass is 35.5. The van der Waals surface area contributed by atoms with E-state index >= 15 is 0 Å². The maximum atomic E-state index is 12.4. The third-order valence-corrected chi connectivity index (χ3v) is 4.55. The number of hydrogen-bond donors (Lipinski definition) is 0. The van der Waals surface area contributed by atoms with Crippen molar-refractivity contribution in [2.24, 2.45) is 0 Å². The highest BCUT2D eigenvalue weighted by molar-refractivity contribution is 6.30. The number of likely N-dealkylation sites (tertiary alicyclic amines) is 1. The summed E-state index contributed by atoms with van der Waals surface area (Å²) in [5.74, 6) is 0.908. The molecule has 1 fully saturated rings. The minimum absolute atomic E-state index is 0.155. The third-order valence-electron chi connectivity index (χ3n) is 4.31. The number of benzene rings is 2. The van der Waals surface area contributed by atoms with E-state index in [2.05, 4.69) is 12.1 Å². The summed E-state index contributed by atoms with van der Waals surface area (Å²) in [6, 6.07) is 15.7. The van der Waals surface area contributed by atoms with Gasteiger partial charge in [0.05, 0.1) is 13.0 Å². The second-order valence-corrected chi connectivity index (χ2v) is 6.54. The summed E-state index contributed by atoms with van der Waals surface area (Å²) < 4.78 is 5.93. The first-order valence-electron chi connectivity index (χ1n) is 8.45. The Balaban J connectivity index is 1.63. The van der Waals surface area contributed by atoms with Gasteiger partial charge >= 0.3 is 0 Å². The molecule has 1 aliphatic rings. The lowest BCUT2D eigenvalue weighted by Crippen LogP contribution is -2.29. The lowest BCUT2D eigenvalue weighted by Gasteiger charge is -2.17. The zero-order chi connectivity index (χ0) is 16.8. The van der Waals surface area contributed by atoms with E-state index in [-0.39, 0.29) is 5.91 Å². The Labute approximate surface area is 148 Å². The molecule has 0 bridgehead atoms. The second kappa shape index (κ2) is 8.20. The Hall–Kier alpha value is -2.00. The molecule has 3 nitrogen and oxygen atoms in total. The topological polar surface area (TPSA) is 29.5 Å². The molecular formula is C20H22ClNO2. The number of carbonyl (C=O) groups is 1. The van der Waals surface area contributed by atoms with E-state index in [4.69, 9.17) is 16.3 Å². The van der Waals surface area contributed by atoms with Gasteiger partial charge in [-0.05, 0) is 36.6 Å². The van der Waals surface area contributed by atoms with Gasteiger partial charge in [-0.15, -0.1) is 0 Å². The number of rotatable bonds is 6. The number of halogens is 1. The molecule has 1 amide bonds. The van der Waals surface area contributed by atoms with Crippen molar-refractivity contribution in [1.82, 2.24) is 4.90 Å². The van der Waals surface area contributed by atoms with Crippen molar-refractivity contribution in [1.29, 1.82) is 0 Å². The van der Waals surface area contributed by atoms with Crippen molar-refractivity contribution in [2.75, 3.05) is 19.7 Å². The zero-order valence-corrected chi connectivity index (χ0v) is 14.5. The smallest absolute Gasteiger partial charge is 0.227 e. The van der Waals surface area contributed by atoms with Gasteiger partial charge in [0.2, 0.25) is 5.91 Å². The number of amides is 1. The predicted molar refractivity (Wildman–Crippen MR) is 96.6 cm³/mol. The second-order valence-electron chi connectivity index (χ2n) is 6.10. The van der Waals surface area contributed by atoms with Gasteiger partial charge in [-0.25, -0.2) is 0 Å². The number of nitrogens with zero attached hydrogens (tertiary/aromatic N) is 1. The fourth-order valence-corrected chi connectivity index (χ4v) is 3.19. The van der Waals surface area contributed by atoms with Gasteiger partial charge in [0.25, 0.3) is 0 Å². The van der Waals surface area contributed by atoms with Gasteiger partial charge < -0.3 is 9.64 Å². The van der Waals surface area contributed by atoms with Gasteiger partial charge in [-0.3, -0.25) is 4.79 Å². The molecule has 0 atom stereocenters. The third kappa shape index (κ3) is 4.51. The summed E-state index contributed by atoms with van der Waals surface area (Å²) in [6.45, 7) is 2.31. The molecule has 126 valence electrons. The summed E-state index contributed by atoms with van der Waals surface area (Å²) in [7, 11) is 0. The molecule has 0 unspecified atom stereocenters. The van der Waals surface area contributed by atoms with Crippen LogP contribution in [0.5, 0.6) is 5.75 Å². The number of hydrogen-bond acceptors (Lipinski definition) is 2. The molecule has 24 heavy (non-hydrogen) atoms. The number of carbonyl (C=O) groups excluding carboxylic acids is 1. The molecule has 1 aliphatic heterocycles. The fraction of sp³-hybridized carbons (Fsp3) is 0.350. The van der Waals surface area contributed by atoms with E-state index in [0.29, 0.717) is 18.1 Å². The van der Waals surface area contributed by atoms with E-state index in [1.165, 1.54) is 5.56 Å². The van der Waals surface area contributed by atoms with Gasteiger partial charge in [-0.2, -0.15) is 0 Å². The molecule has 1 saturated heterocycles. The Morgan fingerprint density at radius 3 is 2.58 bits per heavy atom. The molecule has 0 saturated carbocycles. The molecule has 0 radical (unpaired) electrons. The van der Waals surface area contributed by atoms with Crippen molar-refractivity contribution >= 4 is 17.5 Å². The molecule has 0 aliphatic carbocycles. The molecule has 1 heterocycles. The van der Waals surface area contributed by atoms with Crippen LogP contribution in [0.1, 0.15) is 24.0 Å². The molecule has 0 spiro atoms. The van der Waals surface area contributed by atoms with E-state index in [9.17, 15) is 4.79 Å². The molecule has 0 N–H and O–H groups in total. The van der Waals surface area contributed by atoms with Crippen molar-refractivity contribution in [3.8, 4) is 5.75 Å². The largest absolute Gasteiger partial charge is 0.493 e. The standard InChI is InChI=1S/C20H22ClNO2/c21-18-8-9-19(24-13-10-16-6-2-1-3-7-16)17(14-18)15-20(23)22-11-4-5-12-22/h1-3,6-9,14H,4-5,10-13,15H2. The van der Waals surface area contributed by atoms with Crippen LogP contribution < -0.4 is 4.74 Å². The van der Waals surface area contributed by atoms with Gasteiger partial charge in [0.1, 0.15) is 5.75 Å². The monoisotopic (exact) mass is 343 g/mol. The van der Waals surface area contributed by atoms with E-state index in [1.54, 1.807) is 0 Å². The van der Waals surface area contributed by atoms with Gasteiger partial charge in [-0.1, -0.05) is 41.9 Å². The minimum atomic E-state index is 0.155. The molecule has 0 aromatic heterocycles. The number of ether oxygens (including phenoxy) is 1. The van der Waals surface area contributed by atoms with Crippen LogP contribution in [0.15, 0.2) is 48.5 Å². The van der Waals surface area contributed by atoms with Gasteiger partial charge in [0.15, 0.2) is 0 Å². The molecule has 3 rings (SSSR count). The quantitative estimate of drug-likeness (QED) is 0.789. The molecule has 4 heteroatoms. The minimum Gasteiger partial charge on any atom is -0.493 e.